The van der Waals surface area contributed by atoms with E-state index in [0.29, 0.717) is 5.71 Å². The molecule has 0 aliphatic carbocycles. The molecular formula is C10H13NO2. The highest BCUT2D eigenvalue weighted by molar-refractivity contribution is 6.00. The van der Waals surface area contributed by atoms with Crippen molar-refractivity contribution < 1.29 is 10.3 Å². The molecule has 0 aliphatic rings. The fraction of sp³-hybridized carbons (Fsp3) is 0.300. The first kappa shape index (κ1) is 9.58. The van der Waals surface area contributed by atoms with Crippen LogP contribution in [0.2, 0.25) is 0 Å². The normalized spacial score (nSPS) is 11.6. The zero-order valence-electron chi connectivity index (χ0n) is 7.57. The SMILES string of the molecule is CCC/C(=N\O)c1ccc(O)cc1. The molecule has 2 N–H and O–H groups in total. The van der Waals surface area contributed by atoms with Crippen LogP contribution in [0.3, 0.4) is 0 Å². The average Bonchev–Trinajstić information content (AvgIpc) is 2.16. The van der Waals surface area contributed by atoms with E-state index in [-0.39, 0.29) is 5.75 Å². The van der Waals surface area contributed by atoms with E-state index < -0.39 is 0 Å². The molecule has 0 heterocycles. The molecule has 0 radical (unpaired) electrons. The molecule has 1 rings (SSSR count). The molecule has 0 spiro atoms. The van der Waals surface area contributed by atoms with Gasteiger partial charge in [-0.25, -0.2) is 0 Å². The highest BCUT2D eigenvalue weighted by atomic mass is 16.4. The van der Waals surface area contributed by atoms with Gasteiger partial charge in [0.1, 0.15) is 5.75 Å². The molecule has 3 heteroatoms. The maximum atomic E-state index is 9.04. The third kappa shape index (κ3) is 2.47. The predicted molar refractivity (Wildman–Crippen MR) is 51.3 cm³/mol. The third-order valence-corrected chi connectivity index (χ3v) is 1.81. The van der Waals surface area contributed by atoms with Crippen molar-refractivity contribution in [2.75, 3.05) is 0 Å². The van der Waals surface area contributed by atoms with Crippen LogP contribution in [-0.2, 0) is 0 Å². The average molecular weight is 179 g/mol. The van der Waals surface area contributed by atoms with Crippen LogP contribution < -0.4 is 0 Å². The molecule has 1 aromatic rings. The van der Waals surface area contributed by atoms with Gasteiger partial charge in [-0.2, -0.15) is 0 Å². The second-order valence-electron chi connectivity index (χ2n) is 2.84. The van der Waals surface area contributed by atoms with Gasteiger partial charge >= 0.3 is 0 Å². The van der Waals surface area contributed by atoms with Gasteiger partial charge in [-0.1, -0.05) is 18.5 Å². The molecule has 0 saturated heterocycles. The first-order valence-corrected chi connectivity index (χ1v) is 4.28. The number of phenolic OH excluding ortho intramolecular Hbond substituents is 1. The van der Waals surface area contributed by atoms with Gasteiger partial charge in [-0.05, 0) is 36.2 Å². The van der Waals surface area contributed by atoms with Crippen LogP contribution in [0.1, 0.15) is 25.3 Å². The van der Waals surface area contributed by atoms with E-state index in [1.54, 1.807) is 24.3 Å². The molecule has 0 unspecified atom stereocenters. The molecule has 0 amide bonds. The Morgan fingerprint density at radius 2 is 1.92 bits per heavy atom. The van der Waals surface area contributed by atoms with Crippen molar-refractivity contribution in [2.24, 2.45) is 5.16 Å². The van der Waals surface area contributed by atoms with Crippen LogP contribution in [0.5, 0.6) is 5.75 Å². The Hall–Kier alpha value is -1.51. The number of nitrogens with zero attached hydrogens (tertiary/aromatic N) is 1. The number of oxime groups is 1. The van der Waals surface area contributed by atoms with E-state index in [2.05, 4.69) is 5.16 Å². The summed E-state index contributed by atoms with van der Waals surface area (Å²) in [6, 6.07) is 6.63. The number of benzene rings is 1. The second-order valence-corrected chi connectivity index (χ2v) is 2.84. The lowest BCUT2D eigenvalue weighted by molar-refractivity contribution is 0.318. The minimum Gasteiger partial charge on any atom is -0.508 e. The van der Waals surface area contributed by atoms with Gasteiger partial charge in [-0.15, -0.1) is 0 Å². The van der Waals surface area contributed by atoms with Gasteiger partial charge in [0.25, 0.3) is 0 Å². The quantitative estimate of drug-likeness (QED) is 0.425. The highest BCUT2D eigenvalue weighted by Crippen LogP contribution is 2.12. The minimum absolute atomic E-state index is 0.220. The van der Waals surface area contributed by atoms with Crippen LogP contribution in [0.25, 0.3) is 0 Å². The Kier molecular flexibility index (Phi) is 3.31. The summed E-state index contributed by atoms with van der Waals surface area (Å²) >= 11 is 0. The van der Waals surface area contributed by atoms with Crippen LogP contribution in [0, 0.1) is 0 Å². The maximum absolute atomic E-state index is 9.04. The largest absolute Gasteiger partial charge is 0.508 e. The summed E-state index contributed by atoms with van der Waals surface area (Å²) < 4.78 is 0. The lowest BCUT2D eigenvalue weighted by atomic mass is 10.1. The molecule has 0 aromatic heterocycles. The number of rotatable bonds is 3. The molecule has 1 aromatic carbocycles. The summed E-state index contributed by atoms with van der Waals surface area (Å²) in [7, 11) is 0. The monoisotopic (exact) mass is 179 g/mol. The van der Waals surface area contributed by atoms with Crippen LogP contribution in [-0.4, -0.2) is 16.0 Å². The van der Waals surface area contributed by atoms with Gasteiger partial charge in [-0.3, -0.25) is 0 Å². The molecule has 13 heavy (non-hydrogen) atoms. The summed E-state index contributed by atoms with van der Waals surface area (Å²) in [6.45, 7) is 2.02. The topological polar surface area (TPSA) is 52.8 Å². The van der Waals surface area contributed by atoms with Crippen molar-refractivity contribution in [1.29, 1.82) is 0 Å². The van der Waals surface area contributed by atoms with Gasteiger partial charge in [0.15, 0.2) is 0 Å². The number of hydrogen-bond donors (Lipinski definition) is 2. The summed E-state index contributed by atoms with van der Waals surface area (Å²) in [5.41, 5.74) is 1.50. The molecular weight excluding hydrogens is 166 g/mol. The smallest absolute Gasteiger partial charge is 0.115 e. The lowest BCUT2D eigenvalue weighted by Gasteiger charge is -2.02. The van der Waals surface area contributed by atoms with Gasteiger partial charge in [0.05, 0.1) is 5.71 Å². The Morgan fingerprint density at radius 1 is 1.31 bits per heavy atom. The lowest BCUT2D eigenvalue weighted by Crippen LogP contribution is -1.99. The summed E-state index contributed by atoms with van der Waals surface area (Å²) in [6.07, 6.45) is 1.67. The molecule has 0 atom stereocenters. The van der Waals surface area contributed by atoms with E-state index in [1.165, 1.54) is 0 Å². The van der Waals surface area contributed by atoms with Crippen molar-refractivity contribution in [2.45, 2.75) is 19.8 Å². The summed E-state index contributed by atoms with van der Waals surface area (Å²) in [5.74, 6) is 0.220. The standard InChI is InChI=1S/C10H13NO2/c1-2-3-10(11-13)8-4-6-9(12)7-5-8/h4-7,12-13H,2-3H2,1H3/b11-10+. The molecule has 0 saturated carbocycles. The van der Waals surface area contributed by atoms with Crippen molar-refractivity contribution in [3.63, 3.8) is 0 Å². The molecule has 70 valence electrons. The van der Waals surface area contributed by atoms with E-state index in [4.69, 9.17) is 10.3 Å². The fourth-order valence-corrected chi connectivity index (χ4v) is 1.14. The molecule has 0 aliphatic heterocycles. The van der Waals surface area contributed by atoms with Crippen LogP contribution in [0.4, 0.5) is 0 Å². The minimum atomic E-state index is 0.220. The zero-order chi connectivity index (χ0) is 9.68. The second kappa shape index (κ2) is 4.50. The van der Waals surface area contributed by atoms with Gasteiger partial charge in [0.2, 0.25) is 0 Å². The van der Waals surface area contributed by atoms with E-state index in [1.807, 2.05) is 6.92 Å². The maximum Gasteiger partial charge on any atom is 0.115 e. The summed E-state index contributed by atoms with van der Waals surface area (Å²) in [4.78, 5) is 0. The first-order valence-electron chi connectivity index (χ1n) is 4.28. The molecule has 3 nitrogen and oxygen atoms in total. The highest BCUT2D eigenvalue weighted by Gasteiger charge is 2.02. The Bertz CT molecular complexity index is 290. The Balaban J connectivity index is 2.87. The predicted octanol–water partition coefficient (Wildman–Crippen LogP) is 2.37. The van der Waals surface area contributed by atoms with Crippen LogP contribution in [0.15, 0.2) is 29.4 Å². The van der Waals surface area contributed by atoms with Crippen molar-refractivity contribution in [1.82, 2.24) is 0 Å². The fourth-order valence-electron chi connectivity index (χ4n) is 1.14. The first-order chi connectivity index (χ1) is 6.27. The molecule has 0 bridgehead atoms. The van der Waals surface area contributed by atoms with Crippen molar-refractivity contribution in [3.8, 4) is 5.75 Å². The van der Waals surface area contributed by atoms with E-state index in [0.717, 1.165) is 18.4 Å². The molecule has 0 fully saturated rings. The van der Waals surface area contributed by atoms with E-state index in [9.17, 15) is 0 Å². The van der Waals surface area contributed by atoms with Crippen molar-refractivity contribution >= 4 is 5.71 Å². The third-order valence-electron chi connectivity index (χ3n) is 1.81. The number of aromatic hydroxyl groups is 1. The Morgan fingerprint density at radius 3 is 2.38 bits per heavy atom. The van der Waals surface area contributed by atoms with E-state index >= 15 is 0 Å². The number of hydrogen-bond acceptors (Lipinski definition) is 3. The number of phenols is 1. The Labute approximate surface area is 77.3 Å². The zero-order valence-corrected chi connectivity index (χ0v) is 7.57. The summed E-state index contributed by atoms with van der Waals surface area (Å²) in [5, 5.41) is 21.0. The van der Waals surface area contributed by atoms with Gasteiger partial charge in [0, 0.05) is 0 Å². The van der Waals surface area contributed by atoms with Gasteiger partial charge < -0.3 is 10.3 Å². The van der Waals surface area contributed by atoms with Crippen LogP contribution >= 0.6 is 0 Å². The van der Waals surface area contributed by atoms with Crippen molar-refractivity contribution in [3.05, 3.63) is 29.8 Å².